The molecule has 0 amide bonds. The van der Waals surface area contributed by atoms with E-state index >= 15 is 0 Å². The number of hydrogen-bond donors (Lipinski definition) is 1. The van der Waals surface area contributed by atoms with Crippen LogP contribution in [0.3, 0.4) is 0 Å². The molecular formula is C14H30N2O. The van der Waals surface area contributed by atoms with Crippen LogP contribution < -0.4 is 5.32 Å². The maximum Gasteiger partial charge on any atom is 0.0587 e. The van der Waals surface area contributed by atoms with Gasteiger partial charge in [-0.25, -0.2) is 0 Å². The summed E-state index contributed by atoms with van der Waals surface area (Å²) in [4.78, 5) is 2.68. The zero-order valence-electron chi connectivity index (χ0n) is 11.7. The first-order chi connectivity index (χ1) is 8.34. The fourth-order valence-electron chi connectivity index (χ4n) is 2.53. The SMILES string of the molecule is COCCNCCCCN1CCCCCC1C. The van der Waals surface area contributed by atoms with Crippen LogP contribution in [0, 0.1) is 0 Å². The first kappa shape index (κ1) is 14.9. The summed E-state index contributed by atoms with van der Waals surface area (Å²) >= 11 is 0. The van der Waals surface area contributed by atoms with E-state index in [1.54, 1.807) is 7.11 Å². The van der Waals surface area contributed by atoms with Crippen molar-refractivity contribution in [3.63, 3.8) is 0 Å². The van der Waals surface area contributed by atoms with Crippen molar-refractivity contribution >= 4 is 0 Å². The molecule has 1 rings (SSSR count). The van der Waals surface area contributed by atoms with Crippen LogP contribution in [0.4, 0.5) is 0 Å². The molecule has 1 N–H and O–H groups in total. The van der Waals surface area contributed by atoms with Crippen LogP contribution in [0.1, 0.15) is 45.4 Å². The molecule has 0 aromatic heterocycles. The normalized spacial score (nSPS) is 22.6. The van der Waals surface area contributed by atoms with E-state index in [4.69, 9.17) is 4.74 Å². The Morgan fingerprint density at radius 3 is 2.88 bits per heavy atom. The Morgan fingerprint density at radius 1 is 1.18 bits per heavy atom. The molecule has 0 bridgehead atoms. The van der Waals surface area contributed by atoms with E-state index in [9.17, 15) is 0 Å². The summed E-state index contributed by atoms with van der Waals surface area (Å²) in [5.74, 6) is 0. The molecule has 3 nitrogen and oxygen atoms in total. The Hall–Kier alpha value is -0.120. The van der Waals surface area contributed by atoms with Gasteiger partial charge in [-0.15, -0.1) is 0 Å². The molecule has 1 saturated heterocycles. The minimum absolute atomic E-state index is 0.805. The number of nitrogens with zero attached hydrogens (tertiary/aromatic N) is 1. The van der Waals surface area contributed by atoms with E-state index in [2.05, 4.69) is 17.1 Å². The summed E-state index contributed by atoms with van der Waals surface area (Å²) in [6.07, 6.45) is 8.26. The fraction of sp³-hybridized carbons (Fsp3) is 1.00. The average Bonchev–Trinajstić information content (AvgIpc) is 2.53. The first-order valence-electron chi connectivity index (χ1n) is 7.28. The van der Waals surface area contributed by atoms with Gasteiger partial charge in [0.15, 0.2) is 0 Å². The molecule has 1 unspecified atom stereocenters. The number of likely N-dealkylation sites (tertiary alicyclic amines) is 1. The molecule has 1 fully saturated rings. The topological polar surface area (TPSA) is 24.5 Å². The van der Waals surface area contributed by atoms with Crippen molar-refractivity contribution in [3.05, 3.63) is 0 Å². The van der Waals surface area contributed by atoms with Crippen LogP contribution in [0.2, 0.25) is 0 Å². The third kappa shape index (κ3) is 7.02. The number of hydrogen-bond acceptors (Lipinski definition) is 3. The largest absolute Gasteiger partial charge is 0.383 e. The van der Waals surface area contributed by atoms with Gasteiger partial charge in [-0.3, -0.25) is 0 Å². The van der Waals surface area contributed by atoms with Crippen LogP contribution in [0.5, 0.6) is 0 Å². The van der Waals surface area contributed by atoms with Crippen LogP contribution in [-0.4, -0.2) is 50.8 Å². The summed E-state index contributed by atoms with van der Waals surface area (Å²) in [7, 11) is 1.75. The Bertz CT molecular complexity index is 176. The molecular weight excluding hydrogens is 212 g/mol. The van der Waals surface area contributed by atoms with Crippen molar-refractivity contribution in [1.29, 1.82) is 0 Å². The van der Waals surface area contributed by atoms with Crippen LogP contribution in [0.25, 0.3) is 0 Å². The van der Waals surface area contributed by atoms with Crippen molar-refractivity contribution in [3.8, 4) is 0 Å². The highest BCUT2D eigenvalue weighted by atomic mass is 16.5. The smallest absolute Gasteiger partial charge is 0.0587 e. The van der Waals surface area contributed by atoms with E-state index in [1.807, 2.05) is 0 Å². The molecule has 0 spiro atoms. The predicted molar refractivity (Wildman–Crippen MR) is 73.5 cm³/mol. The average molecular weight is 242 g/mol. The molecule has 1 atom stereocenters. The highest BCUT2D eigenvalue weighted by Gasteiger charge is 2.15. The molecule has 17 heavy (non-hydrogen) atoms. The maximum atomic E-state index is 5.00. The molecule has 1 heterocycles. The minimum atomic E-state index is 0.805. The Kier molecular flexibility index (Phi) is 8.67. The molecule has 0 aliphatic carbocycles. The summed E-state index contributed by atoms with van der Waals surface area (Å²) in [6, 6.07) is 0.805. The molecule has 102 valence electrons. The molecule has 1 aliphatic rings. The van der Waals surface area contributed by atoms with Crippen molar-refractivity contribution in [2.45, 2.75) is 51.5 Å². The van der Waals surface area contributed by atoms with Gasteiger partial charge < -0.3 is 15.0 Å². The van der Waals surface area contributed by atoms with Gasteiger partial charge in [0, 0.05) is 19.7 Å². The van der Waals surface area contributed by atoms with Crippen molar-refractivity contribution in [2.75, 3.05) is 39.9 Å². The quantitative estimate of drug-likeness (QED) is 0.661. The van der Waals surface area contributed by atoms with Crippen LogP contribution in [0.15, 0.2) is 0 Å². The second-order valence-electron chi connectivity index (χ2n) is 5.18. The highest BCUT2D eigenvalue weighted by molar-refractivity contribution is 4.71. The number of rotatable bonds is 8. The molecule has 1 aliphatic heterocycles. The van der Waals surface area contributed by atoms with Gasteiger partial charge in [0.25, 0.3) is 0 Å². The van der Waals surface area contributed by atoms with E-state index in [0.29, 0.717) is 0 Å². The molecule has 0 aromatic rings. The molecule has 3 heteroatoms. The summed E-state index contributed by atoms with van der Waals surface area (Å²) in [5, 5.41) is 3.40. The van der Waals surface area contributed by atoms with Crippen molar-refractivity contribution in [1.82, 2.24) is 10.2 Å². The second-order valence-corrected chi connectivity index (χ2v) is 5.18. The van der Waals surface area contributed by atoms with Gasteiger partial charge in [0.1, 0.15) is 0 Å². The monoisotopic (exact) mass is 242 g/mol. The van der Waals surface area contributed by atoms with Crippen molar-refractivity contribution < 1.29 is 4.74 Å². The summed E-state index contributed by atoms with van der Waals surface area (Å²) in [5.41, 5.74) is 0. The summed E-state index contributed by atoms with van der Waals surface area (Å²) < 4.78 is 5.00. The first-order valence-corrected chi connectivity index (χ1v) is 7.28. The van der Waals surface area contributed by atoms with Gasteiger partial charge in [-0.05, 0) is 52.2 Å². The van der Waals surface area contributed by atoms with Crippen molar-refractivity contribution in [2.24, 2.45) is 0 Å². The number of nitrogens with one attached hydrogen (secondary N) is 1. The zero-order chi connectivity index (χ0) is 12.3. The van der Waals surface area contributed by atoms with E-state index < -0.39 is 0 Å². The molecule has 0 aromatic carbocycles. The third-order valence-electron chi connectivity index (χ3n) is 3.72. The van der Waals surface area contributed by atoms with Gasteiger partial charge in [-0.1, -0.05) is 12.8 Å². The van der Waals surface area contributed by atoms with Crippen LogP contribution >= 0.6 is 0 Å². The lowest BCUT2D eigenvalue weighted by molar-refractivity contribution is 0.197. The van der Waals surface area contributed by atoms with Gasteiger partial charge in [0.05, 0.1) is 6.61 Å². The number of methoxy groups -OCH3 is 1. The lowest BCUT2D eigenvalue weighted by Crippen LogP contribution is -2.33. The van der Waals surface area contributed by atoms with E-state index in [-0.39, 0.29) is 0 Å². The Balaban J connectivity index is 1.97. The summed E-state index contributed by atoms with van der Waals surface area (Å²) in [6.45, 7) is 7.93. The van der Waals surface area contributed by atoms with Gasteiger partial charge in [-0.2, -0.15) is 0 Å². The predicted octanol–water partition coefficient (Wildman–Crippen LogP) is 2.27. The van der Waals surface area contributed by atoms with Gasteiger partial charge >= 0.3 is 0 Å². The minimum Gasteiger partial charge on any atom is -0.383 e. The lowest BCUT2D eigenvalue weighted by Gasteiger charge is -2.26. The Morgan fingerprint density at radius 2 is 2.06 bits per heavy atom. The number of unbranched alkanes of at least 4 members (excludes halogenated alkanes) is 1. The highest BCUT2D eigenvalue weighted by Crippen LogP contribution is 2.16. The van der Waals surface area contributed by atoms with Gasteiger partial charge in [0.2, 0.25) is 0 Å². The van der Waals surface area contributed by atoms with E-state index in [1.165, 1.54) is 51.6 Å². The zero-order valence-corrected chi connectivity index (χ0v) is 11.7. The fourth-order valence-corrected chi connectivity index (χ4v) is 2.53. The Labute approximate surface area is 107 Å². The molecule has 0 saturated carbocycles. The standard InChI is InChI=1S/C14H30N2O/c1-14-8-4-3-6-11-16(14)12-7-5-9-15-10-13-17-2/h14-15H,3-13H2,1-2H3. The lowest BCUT2D eigenvalue weighted by atomic mass is 10.1. The van der Waals surface area contributed by atoms with Crippen LogP contribution in [-0.2, 0) is 4.74 Å². The third-order valence-corrected chi connectivity index (χ3v) is 3.72. The van der Waals surface area contributed by atoms with E-state index in [0.717, 1.165) is 25.7 Å². The number of ether oxygens (including phenoxy) is 1. The maximum absolute atomic E-state index is 5.00. The molecule has 0 radical (unpaired) electrons. The second kappa shape index (κ2) is 9.86.